The summed E-state index contributed by atoms with van der Waals surface area (Å²) in [7, 11) is 1.98. The Labute approximate surface area is 128 Å². The highest BCUT2D eigenvalue weighted by Gasteiger charge is 2.24. The van der Waals surface area contributed by atoms with Crippen molar-refractivity contribution in [3.05, 3.63) is 21.0 Å². The lowest BCUT2D eigenvalue weighted by Gasteiger charge is -2.20. The van der Waals surface area contributed by atoms with Crippen LogP contribution in [0.5, 0.6) is 0 Å². The number of hydrogen-bond donors (Lipinski definition) is 1. The van der Waals surface area contributed by atoms with Crippen LogP contribution in [-0.2, 0) is 6.54 Å². The second-order valence-corrected chi connectivity index (χ2v) is 6.18. The normalized spacial score (nSPS) is 18.8. The molecule has 0 radical (unpaired) electrons. The summed E-state index contributed by atoms with van der Waals surface area (Å²) < 4.78 is 2.20. The second kappa shape index (κ2) is 7.22. The van der Waals surface area contributed by atoms with Crippen molar-refractivity contribution < 1.29 is 0 Å². The maximum atomic E-state index is 12.3. The van der Waals surface area contributed by atoms with Crippen molar-refractivity contribution in [2.45, 2.75) is 32.7 Å². The largest absolute Gasteiger partial charge is 0.369 e. The number of anilines is 1. The Balaban J connectivity index is 2.14. The SMILES string of the molecule is CCCCn1ncc(N2CCC(CNC)C2)c(Br)c1=O. The van der Waals surface area contributed by atoms with Gasteiger partial charge in [-0.25, -0.2) is 4.68 Å². The fourth-order valence-electron chi connectivity index (χ4n) is 2.65. The molecule has 2 heterocycles. The predicted octanol–water partition coefficient (Wildman–Crippen LogP) is 1.85. The first-order valence-electron chi connectivity index (χ1n) is 7.32. The molecule has 112 valence electrons. The molecular formula is C14H23BrN4O. The van der Waals surface area contributed by atoms with E-state index in [1.807, 2.05) is 13.2 Å². The number of nitrogens with one attached hydrogen (secondary N) is 1. The summed E-state index contributed by atoms with van der Waals surface area (Å²) in [6.07, 6.45) is 5.02. The molecule has 1 aromatic rings. The molecular weight excluding hydrogens is 320 g/mol. The van der Waals surface area contributed by atoms with Crippen molar-refractivity contribution in [2.24, 2.45) is 5.92 Å². The van der Waals surface area contributed by atoms with Crippen molar-refractivity contribution in [3.63, 3.8) is 0 Å². The van der Waals surface area contributed by atoms with Gasteiger partial charge in [-0.2, -0.15) is 5.10 Å². The highest BCUT2D eigenvalue weighted by Crippen LogP contribution is 2.27. The Kier molecular flexibility index (Phi) is 5.60. The van der Waals surface area contributed by atoms with Crippen molar-refractivity contribution in [3.8, 4) is 0 Å². The molecule has 1 aromatic heterocycles. The summed E-state index contributed by atoms with van der Waals surface area (Å²) in [6.45, 7) is 5.80. The summed E-state index contributed by atoms with van der Waals surface area (Å²) in [4.78, 5) is 14.5. The molecule has 1 aliphatic heterocycles. The van der Waals surface area contributed by atoms with Crippen LogP contribution in [-0.4, -0.2) is 36.5 Å². The van der Waals surface area contributed by atoms with Crippen LogP contribution in [0.25, 0.3) is 0 Å². The number of aromatic nitrogens is 2. The molecule has 6 heteroatoms. The standard InChI is InChI=1S/C14H23BrN4O/c1-3-4-6-19-14(20)13(15)12(9-17-19)18-7-5-11(10-18)8-16-2/h9,11,16H,3-8,10H2,1-2H3. The zero-order valence-corrected chi connectivity index (χ0v) is 13.8. The quantitative estimate of drug-likeness (QED) is 0.857. The summed E-state index contributed by atoms with van der Waals surface area (Å²) in [5.41, 5.74) is 0.911. The van der Waals surface area contributed by atoms with Crippen molar-refractivity contribution >= 4 is 21.6 Å². The van der Waals surface area contributed by atoms with E-state index in [4.69, 9.17) is 0 Å². The molecule has 20 heavy (non-hydrogen) atoms. The van der Waals surface area contributed by atoms with E-state index in [0.29, 0.717) is 16.9 Å². The molecule has 0 spiro atoms. The zero-order chi connectivity index (χ0) is 14.5. The average molecular weight is 343 g/mol. The van der Waals surface area contributed by atoms with Gasteiger partial charge >= 0.3 is 0 Å². The second-order valence-electron chi connectivity index (χ2n) is 5.38. The minimum absolute atomic E-state index is 0.0204. The van der Waals surface area contributed by atoms with Crippen molar-refractivity contribution in [1.82, 2.24) is 15.1 Å². The van der Waals surface area contributed by atoms with Gasteiger partial charge in [0.15, 0.2) is 0 Å². The summed E-state index contributed by atoms with van der Waals surface area (Å²) in [6, 6.07) is 0. The Bertz CT molecular complexity index is 502. The van der Waals surface area contributed by atoms with Gasteiger partial charge in [0.25, 0.3) is 5.56 Å². The average Bonchev–Trinajstić information content (AvgIpc) is 2.89. The molecule has 0 aliphatic carbocycles. The van der Waals surface area contributed by atoms with Gasteiger partial charge in [-0.05, 0) is 48.3 Å². The van der Waals surface area contributed by atoms with Gasteiger partial charge in [0.2, 0.25) is 0 Å². The minimum Gasteiger partial charge on any atom is -0.369 e. The molecule has 0 saturated carbocycles. The fraction of sp³-hybridized carbons (Fsp3) is 0.714. The third-order valence-corrected chi connectivity index (χ3v) is 4.55. The maximum absolute atomic E-state index is 12.3. The molecule has 1 aliphatic rings. The highest BCUT2D eigenvalue weighted by atomic mass is 79.9. The van der Waals surface area contributed by atoms with E-state index in [0.717, 1.165) is 44.6 Å². The molecule has 5 nitrogen and oxygen atoms in total. The molecule has 1 fully saturated rings. The lowest BCUT2D eigenvalue weighted by molar-refractivity contribution is 0.538. The monoisotopic (exact) mass is 342 g/mol. The Morgan fingerprint density at radius 1 is 1.55 bits per heavy atom. The van der Waals surface area contributed by atoms with Gasteiger partial charge in [0, 0.05) is 19.6 Å². The van der Waals surface area contributed by atoms with Crippen LogP contribution in [0, 0.1) is 5.92 Å². The third-order valence-electron chi connectivity index (χ3n) is 3.81. The molecule has 2 rings (SSSR count). The fourth-order valence-corrected chi connectivity index (χ4v) is 3.21. The predicted molar refractivity (Wildman–Crippen MR) is 85.4 cm³/mol. The summed E-state index contributed by atoms with van der Waals surface area (Å²) >= 11 is 3.46. The Hall–Kier alpha value is -0.880. The first kappa shape index (κ1) is 15.5. The number of unbranched alkanes of at least 4 members (excludes halogenated alkanes) is 1. The number of hydrogen-bond acceptors (Lipinski definition) is 4. The first-order chi connectivity index (χ1) is 9.67. The van der Waals surface area contributed by atoms with Crippen LogP contribution in [0.1, 0.15) is 26.2 Å². The van der Waals surface area contributed by atoms with Crippen molar-refractivity contribution in [1.29, 1.82) is 0 Å². The number of halogens is 1. The summed E-state index contributed by atoms with van der Waals surface area (Å²) in [5.74, 6) is 0.648. The van der Waals surface area contributed by atoms with E-state index >= 15 is 0 Å². The number of aryl methyl sites for hydroxylation is 1. The van der Waals surface area contributed by atoms with Gasteiger partial charge in [-0.1, -0.05) is 13.3 Å². The lowest BCUT2D eigenvalue weighted by atomic mass is 10.1. The van der Waals surface area contributed by atoms with Crippen LogP contribution in [0.4, 0.5) is 5.69 Å². The minimum atomic E-state index is -0.0204. The van der Waals surface area contributed by atoms with Crippen molar-refractivity contribution in [2.75, 3.05) is 31.6 Å². The van der Waals surface area contributed by atoms with Crippen LogP contribution in [0.15, 0.2) is 15.5 Å². The van der Waals surface area contributed by atoms with Gasteiger partial charge in [-0.15, -0.1) is 0 Å². The molecule has 1 atom stereocenters. The van der Waals surface area contributed by atoms with Crippen LogP contribution in [0.3, 0.4) is 0 Å². The van der Waals surface area contributed by atoms with E-state index in [2.05, 4.69) is 38.2 Å². The van der Waals surface area contributed by atoms with E-state index < -0.39 is 0 Å². The third kappa shape index (κ3) is 3.41. The van der Waals surface area contributed by atoms with E-state index in [9.17, 15) is 4.79 Å². The van der Waals surface area contributed by atoms with Gasteiger partial charge in [0.1, 0.15) is 4.47 Å². The molecule has 0 bridgehead atoms. The highest BCUT2D eigenvalue weighted by molar-refractivity contribution is 9.10. The topological polar surface area (TPSA) is 50.2 Å². The first-order valence-corrected chi connectivity index (χ1v) is 8.11. The zero-order valence-electron chi connectivity index (χ0n) is 12.2. The number of rotatable bonds is 6. The van der Waals surface area contributed by atoms with Gasteiger partial charge in [-0.3, -0.25) is 4.79 Å². The van der Waals surface area contributed by atoms with E-state index in [-0.39, 0.29) is 5.56 Å². The molecule has 1 N–H and O–H groups in total. The van der Waals surface area contributed by atoms with Crippen LogP contribution in [0.2, 0.25) is 0 Å². The summed E-state index contributed by atoms with van der Waals surface area (Å²) in [5, 5.41) is 7.53. The van der Waals surface area contributed by atoms with Gasteiger partial charge in [0.05, 0.1) is 11.9 Å². The Morgan fingerprint density at radius 3 is 3.05 bits per heavy atom. The van der Waals surface area contributed by atoms with E-state index in [1.54, 1.807) is 4.68 Å². The van der Waals surface area contributed by atoms with E-state index in [1.165, 1.54) is 0 Å². The lowest BCUT2D eigenvalue weighted by Crippen LogP contribution is -2.29. The van der Waals surface area contributed by atoms with Crippen LogP contribution >= 0.6 is 15.9 Å². The van der Waals surface area contributed by atoms with Crippen LogP contribution < -0.4 is 15.8 Å². The molecule has 1 unspecified atom stereocenters. The van der Waals surface area contributed by atoms with Gasteiger partial charge < -0.3 is 10.2 Å². The molecule has 0 aromatic carbocycles. The Morgan fingerprint density at radius 2 is 2.35 bits per heavy atom. The number of nitrogens with zero attached hydrogens (tertiary/aromatic N) is 3. The smallest absolute Gasteiger partial charge is 0.283 e. The molecule has 1 saturated heterocycles. The maximum Gasteiger partial charge on any atom is 0.283 e. The molecule has 0 amide bonds.